The zero-order valence-corrected chi connectivity index (χ0v) is 15.2. The number of hydrogen-bond acceptors (Lipinski definition) is 4. The first kappa shape index (κ1) is 18.5. The molecule has 0 spiro atoms. The predicted molar refractivity (Wildman–Crippen MR) is 100 cm³/mol. The van der Waals surface area contributed by atoms with Crippen LogP contribution in [0.3, 0.4) is 0 Å². The van der Waals surface area contributed by atoms with Gasteiger partial charge in [-0.2, -0.15) is 4.98 Å². The van der Waals surface area contributed by atoms with Gasteiger partial charge in [0.15, 0.2) is 5.82 Å². The molecular formula is C21H26FN3O. The third kappa shape index (κ3) is 4.28. The molecule has 0 bridgehead atoms. The topological polar surface area (TPSA) is 42.2 Å². The second-order valence-electron chi connectivity index (χ2n) is 7.00. The number of halogens is 1. The van der Waals surface area contributed by atoms with Crippen LogP contribution in [0.25, 0.3) is 0 Å². The average Bonchev–Trinajstić information content (AvgIpc) is 3.04. The summed E-state index contributed by atoms with van der Waals surface area (Å²) < 4.78 is 18.8. The molecular weight excluding hydrogens is 329 g/mol. The molecule has 0 saturated carbocycles. The summed E-state index contributed by atoms with van der Waals surface area (Å²) in [5.41, 5.74) is 0.877. The van der Waals surface area contributed by atoms with E-state index < -0.39 is 0 Å². The highest BCUT2D eigenvalue weighted by Crippen LogP contribution is 2.36. The van der Waals surface area contributed by atoms with Crippen LogP contribution in [0.15, 0.2) is 54.1 Å². The highest BCUT2D eigenvalue weighted by Gasteiger charge is 2.37. The number of benzene rings is 1. The normalized spacial score (nSPS) is 17.1. The quantitative estimate of drug-likeness (QED) is 0.645. The standard InChI is InChI=1S/C21H26FN3O/c1-3-10-21(11-4-2)12-5-6-13-25(21)16-20-23-19(24-26-20)15-17-8-7-9-18(22)14-17/h3-4,7-9,14H,1-2,5-6,10-13,15-16H2. The molecule has 1 fully saturated rings. The number of nitrogens with zero attached hydrogens (tertiary/aromatic N) is 3. The van der Waals surface area contributed by atoms with Gasteiger partial charge in [0.1, 0.15) is 5.82 Å². The Kier molecular flexibility index (Phi) is 5.99. The second-order valence-corrected chi connectivity index (χ2v) is 7.00. The van der Waals surface area contributed by atoms with Gasteiger partial charge in [-0.3, -0.25) is 4.90 Å². The molecule has 1 aliphatic rings. The minimum absolute atomic E-state index is 0.0406. The Bertz CT molecular complexity index is 745. The molecule has 0 N–H and O–H groups in total. The fourth-order valence-corrected chi connectivity index (χ4v) is 3.90. The molecule has 26 heavy (non-hydrogen) atoms. The zero-order valence-electron chi connectivity index (χ0n) is 15.2. The molecule has 0 unspecified atom stereocenters. The van der Waals surface area contributed by atoms with E-state index in [1.54, 1.807) is 6.07 Å². The fraction of sp³-hybridized carbons (Fsp3) is 0.429. The molecule has 3 rings (SSSR count). The van der Waals surface area contributed by atoms with Gasteiger partial charge in [-0.25, -0.2) is 4.39 Å². The number of aromatic nitrogens is 2. The van der Waals surface area contributed by atoms with E-state index in [0.717, 1.165) is 31.4 Å². The Morgan fingerprint density at radius 1 is 1.23 bits per heavy atom. The van der Waals surface area contributed by atoms with Gasteiger partial charge in [-0.1, -0.05) is 35.9 Å². The first-order chi connectivity index (χ1) is 12.6. The third-order valence-electron chi connectivity index (χ3n) is 5.13. The van der Waals surface area contributed by atoms with Crippen LogP contribution in [-0.2, 0) is 13.0 Å². The molecule has 0 radical (unpaired) electrons. The van der Waals surface area contributed by atoms with Crippen molar-refractivity contribution in [2.24, 2.45) is 0 Å². The Labute approximate surface area is 154 Å². The van der Waals surface area contributed by atoms with E-state index in [1.165, 1.54) is 25.0 Å². The largest absolute Gasteiger partial charge is 0.338 e. The first-order valence-corrected chi connectivity index (χ1v) is 9.18. The van der Waals surface area contributed by atoms with Gasteiger partial charge in [0.05, 0.1) is 6.54 Å². The van der Waals surface area contributed by atoms with Gasteiger partial charge in [-0.15, -0.1) is 13.2 Å². The summed E-state index contributed by atoms with van der Waals surface area (Å²) in [6.45, 7) is 9.50. The van der Waals surface area contributed by atoms with E-state index in [9.17, 15) is 4.39 Å². The SMILES string of the molecule is C=CCC1(CC=C)CCCCN1Cc1nc(Cc2cccc(F)c2)no1. The number of rotatable bonds is 8. The van der Waals surface area contributed by atoms with Crippen molar-refractivity contribution in [3.8, 4) is 0 Å². The predicted octanol–water partition coefficient (Wildman–Crippen LogP) is 4.68. The summed E-state index contributed by atoms with van der Waals surface area (Å²) >= 11 is 0. The van der Waals surface area contributed by atoms with E-state index in [4.69, 9.17) is 4.52 Å². The van der Waals surface area contributed by atoms with Gasteiger partial charge < -0.3 is 4.52 Å². The first-order valence-electron chi connectivity index (χ1n) is 9.18. The van der Waals surface area contributed by atoms with Crippen molar-refractivity contribution < 1.29 is 8.91 Å². The van der Waals surface area contributed by atoms with Crippen LogP contribution in [0, 0.1) is 5.82 Å². The van der Waals surface area contributed by atoms with Crippen molar-refractivity contribution in [1.82, 2.24) is 15.0 Å². The van der Waals surface area contributed by atoms with Gasteiger partial charge in [0.25, 0.3) is 0 Å². The Morgan fingerprint density at radius 3 is 2.77 bits per heavy atom. The summed E-state index contributed by atoms with van der Waals surface area (Å²) in [6, 6.07) is 6.49. The maximum absolute atomic E-state index is 13.3. The Hall–Kier alpha value is -2.27. The molecule has 0 aliphatic carbocycles. The number of hydrogen-bond donors (Lipinski definition) is 0. The number of piperidine rings is 1. The van der Waals surface area contributed by atoms with E-state index in [2.05, 4.69) is 28.2 Å². The smallest absolute Gasteiger partial charge is 0.240 e. The van der Waals surface area contributed by atoms with Crippen LogP contribution in [0.5, 0.6) is 0 Å². The minimum atomic E-state index is -0.252. The highest BCUT2D eigenvalue weighted by atomic mass is 19.1. The second kappa shape index (κ2) is 8.41. The van der Waals surface area contributed by atoms with Gasteiger partial charge in [-0.05, 0) is 49.9 Å². The molecule has 1 aliphatic heterocycles. The van der Waals surface area contributed by atoms with Crippen LogP contribution in [0.2, 0.25) is 0 Å². The molecule has 0 atom stereocenters. The summed E-state index contributed by atoms with van der Waals surface area (Å²) in [6.07, 6.45) is 9.79. The average molecular weight is 355 g/mol. The highest BCUT2D eigenvalue weighted by molar-refractivity contribution is 5.19. The van der Waals surface area contributed by atoms with Gasteiger partial charge in [0, 0.05) is 12.0 Å². The molecule has 4 nitrogen and oxygen atoms in total. The molecule has 1 aromatic heterocycles. The van der Waals surface area contributed by atoms with Crippen molar-refractivity contribution in [2.45, 2.75) is 50.6 Å². The van der Waals surface area contributed by atoms with Crippen LogP contribution >= 0.6 is 0 Å². The van der Waals surface area contributed by atoms with Crippen molar-refractivity contribution in [2.75, 3.05) is 6.54 Å². The summed E-state index contributed by atoms with van der Waals surface area (Å²) in [5.74, 6) is 0.939. The summed E-state index contributed by atoms with van der Waals surface area (Å²) in [5, 5.41) is 4.07. The lowest BCUT2D eigenvalue weighted by Gasteiger charge is -2.46. The molecule has 2 aromatic rings. The lowest BCUT2D eigenvalue weighted by Crippen LogP contribution is -2.50. The van der Waals surface area contributed by atoms with Crippen LogP contribution in [0.4, 0.5) is 4.39 Å². The molecule has 5 heteroatoms. The van der Waals surface area contributed by atoms with Crippen molar-refractivity contribution in [3.63, 3.8) is 0 Å². The van der Waals surface area contributed by atoms with Crippen molar-refractivity contribution in [1.29, 1.82) is 0 Å². The van der Waals surface area contributed by atoms with Crippen LogP contribution in [0.1, 0.15) is 49.4 Å². The lowest BCUT2D eigenvalue weighted by molar-refractivity contribution is 0.0337. The maximum atomic E-state index is 13.3. The van der Waals surface area contributed by atoms with E-state index in [1.807, 2.05) is 18.2 Å². The van der Waals surface area contributed by atoms with Crippen LogP contribution in [-0.4, -0.2) is 27.1 Å². The summed E-state index contributed by atoms with van der Waals surface area (Å²) in [4.78, 5) is 6.95. The monoisotopic (exact) mass is 355 g/mol. The van der Waals surface area contributed by atoms with Crippen molar-refractivity contribution >= 4 is 0 Å². The molecule has 0 amide bonds. The number of likely N-dealkylation sites (tertiary alicyclic amines) is 1. The van der Waals surface area contributed by atoms with E-state index >= 15 is 0 Å². The van der Waals surface area contributed by atoms with E-state index in [-0.39, 0.29) is 11.4 Å². The molecule has 2 heterocycles. The van der Waals surface area contributed by atoms with Crippen molar-refractivity contribution in [3.05, 3.63) is 72.7 Å². The zero-order chi connectivity index (χ0) is 18.4. The Balaban J connectivity index is 1.72. The maximum Gasteiger partial charge on any atom is 0.240 e. The molecule has 1 saturated heterocycles. The summed E-state index contributed by atoms with van der Waals surface area (Å²) in [7, 11) is 0. The Morgan fingerprint density at radius 2 is 2.04 bits per heavy atom. The van der Waals surface area contributed by atoms with E-state index in [0.29, 0.717) is 24.7 Å². The van der Waals surface area contributed by atoms with Crippen LogP contribution < -0.4 is 0 Å². The lowest BCUT2D eigenvalue weighted by atomic mass is 9.81. The fourth-order valence-electron chi connectivity index (χ4n) is 3.90. The van der Waals surface area contributed by atoms with Gasteiger partial charge >= 0.3 is 0 Å². The molecule has 138 valence electrons. The van der Waals surface area contributed by atoms with Gasteiger partial charge in [0.2, 0.25) is 5.89 Å². The third-order valence-corrected chi connectivity index (χ3v) is 5.13. The minimum Gasteiger partial charge on any atom is -0.338 e. The molecule has 1 aromatic carbocycles.